The van der Waals surface area contributed by atoms with Crippen LogP contribution >= 0.6 is 0 Å². The van der Waals surface area contributed by atoms with Crippen molar-refractivity contribution < 1.29 is 22.7 Å². The summed E-state index contributed by atoms with van der Waals surface area (Å²) in [6, 6.07) is 17.8. The zero-order valence-corrected chi connectivity index (χ0v) is 21.3. The minimum Gasteiger partial charge on any atom is -0.495 e. The van der Waals surface area contributed by atoms with E-state index in [1.807, 2.05) is 49.4 Å². The van der Waals surface area contributed by atoms with Crippen molar-refractivity contribution in [2.75, 3.05) is 32.7 Å². The highest BCUT2D eigenvalue weighted by Gasteiger charge is 2.31. The third-order valence-corrected chi connectivity index (χ3v) is 8.19. The van der Waals surface area contributed by atoms with Crippen LogP contribution in [0.4, 0.5) is 5.69 Å². The maximum Gasteiger partial charge on any atom is 0.258 e. The Kier molecular flexibility index (Phi) is 7.14. The molecule has 8 heteroatoms. The van der Waals surface area contributed by atoms with Gasteiger partial charge in [-0.3, -0.25) is 4.79 Å². The quantitative estimate of drug-likeness (QED) is 0.486. The van der Waals surface area contributed by atoms with Crippen LogP contribution in [0.3, 0.4) is 0 Å². The molecule has 0 fully saturated rings. The number of carbonyl (C=O) groups is 1. The summed E-state index contributed by atoms with van der Waals surface area (Å²) in [5, 5.41) is 0. The van der Waals surface area contributed by atoms with Gasteiger partial charge in [-0.15, -0.1) is 0 Å². The van der Waals surface area contributed by atoms with Gasteiger partial charge in [-0.2, -0.15) is 4.31 Å². The molecule has 3 aromatic carbocycles. The van der Waals surface area contributed by atoms with E-state index in [-0.39, 0.29) is 28.7 Å². The van der Waals surface area contributed by atoms with Gasteiger partial charge in [0.1, 0.15) is 16.4 Å². The molecule has 0 atom stereocenters. The fourth-order valence-electron chi connectivity index (χ4n) is 4.48. The summed E-state index contributed by atoms with van der Waals surface area (Å²) in [6.45, 7) is 2.74. The smallest absolute Gasteiger partial charge is 0.258 e. The molecule has 184 valence electrons. The van der Waals surface area contributed by atoms with E-state index in [9.17, 15) is 13.2 Å². The van der Waals surface area contributed by atoms with Crippen molar-refractivity contribution in [3.63, 3.8) is 0 Å². The summed E-state index contributed by atoms with van der Waals surface area (Å²) < 4.78 is 39.2. The Hall–Kier alpha value is -3.36. The second-order valence-corrected chi connectivity index (χ2v) is 10.6. The van der Waals surface area contributed by atoms with Crippen LogP contribution in [-0.2, 0) is 23.0 Å². The Morgan fingerprint density at radius 1 is 1.00 bits per heavy atom. The Morgan fingerprint density at radius 2 is 1.69 bits per heavy atom. The number of nitrogens with zero attached hydrogens (tertiary/aromatic N) is 2. The number of ether oxygens (including phenoxy) is 2. The van der Waals surface area contributed by atoms with E-state index in [1.54, 1.807) is 18.1 Å². The molecule has 7 nitrogen and oxygen atoms in total. The highest BCUT2D eigenvalue weighted by molar-refractivity contribution is 7.89. The van der Waals surface area contributed by atoms with Gasteiger partial charge in [0.15, 0.2) is 0 Å². The van der Waals surface area contributed by atoms with Crippen molar-refractivity contribution in [2.45, 2.75) is 31.2 Å². The number of amides is 1. The van der Waals surface area contributed by atoms with E-state index in [1.165, 1.54) is 30.6 Å². The number of sulfonamides is 1. The molecule has 0 N–H and O–H groups in total. The Balaban J connectivity index is 1.72. The highest BCUT2D eigenvalue weighted by Crippen LogP contribution is 2.39. The van der Waals surface area contributed by atoms with Gasteiger partial charge < -0.3 is 14.4 Å². The fraction of sp³-hybridized carbons (Fsp3) is 0.296. The van der Waals surface area contributed by atoms with E-state index >= 15 is 0 Å². The molecular weight excluding hydrogens is 464 g/mol. The van der Waals surface area contributed by atoms with E-state index < -0.39 is 10.0 Å². The van der Waals surface area contributed by atoms with Crippen molar-refractivity contribution in [3.8, 4) is 11.5 Å². The predicted octanol–water partition coefficient (Wildman–Crippen LogP) is 4.43. The molecule has 1 aliphatic heterocycles. The molecular formula is C27H30N2O5S. The van der Waals surface area contributed by atoms with Crippen LogP contribution in [0.5, 0.6) is 11.5 Å². The Bertz CT molecular complexity index is 1340. The minimum absolute atomic E-state index is 0.0438. The lowest BCUT2D eigenvalue weighted by molar-refractivity contribution is 0.0984. The SMILES string of the molecule is COc1ccc(C(=O)N2CCCc3c(C)ccc(OC)c32)cc1S(=O)(=O)N(C)Cc1ccccc1. The molecule has 0 aromatic heterocycles. The number of aryl methyl sites for hydroxylation is 1. The highest BCUT2D eigenvalue weighted by atomic mass is 32.2. The molecule has 0 saturated carbocycles. The van der Waals surface area contributed by atoms with Crippen LogP contribution in [-0.4, -0.2) is 46.4 Å². The first-order chi connectivity index (χ1) is 16.8. The molecule has 1 aliphatic rings. The summed E-state index contributed by atoms with van der Waals surface area (Å²) >= 11 is 0. The summed E-state index contributed by atoms with van der Waals surface area (Å²) in [7, 11) is 0.589. The molecule has 35 heavy (non-hydrogen) atoms. The summed E-state index contributed by atoms with van der Waals surface area (Å²) in [5.74, 6) is 0.538. The third kappa shape index (κ3) is 4.76. The largest absolute Gasteiger partial charge is 0.495 e. The second-order valence-electron chi connectivity index (χ2n) is 8.58. The summed E-state index contributed by atoms with van der Waals surface area (Å²) in [4.78, 5) is 15.3. The summed E-state index contributed by atoms with van der Waals surface area (Å²) in [6.07, 6.45) is 1.67. The van der Waals surface area contributed by atoms with E-state index in [2.05, 4.69) is 0 Å². The zero-order chi connectivity index (χ0) is 25.2. The van der Waals surface area contributed by atoms with Gasteiger partial charge in [0, 0.05) is 25.7 Å². The van der Waals surface area contributed by atoms with E-state index in [4.69, 9.17) is 9.47 Å². The number of carbonyl (C=O) groups excluding carboxylic acids is 1. The first kappa shape index (κ1) is 24.8. The molecule has 0 aliphatic carbocycles. The molecule has 0 unspecified atom stereocenters. The van der Waals surface area contributed by atoms with Gasteiger partial charge in [-0.1, -0.05) is 36.4 Å². The minimum atomic E-state index is -3.93. The van der Waals surface area contributed by atoms with Crippen molar-refractivity contribution in [1.29, 1.82) is 0 Å². The number of benzene rings is 3. The van der Waals surface area contributed by atoms with E-state index in [0.29, 0.717) is 12.3 Å². The number of hydrogen-bond donors (Lipinski definition) is 0. The standard InChI is InChI=1S/C27H30N2O5S/c1-19-12-14-24(34-4)26-22(19)11-8-16-29(26)27(30)21-13-15-23(33-3)25(17-21)35(31,32)28(2)18-20-9-6-5-7-10-20/h5-7,9-10,12-15,17H,8,11,16,18H2,1-4H3. The third-order valence-electron chi connectivity index (χ3n) is 6.37. The van der Waals surface area contributed by atoms with Crippen LogP contribution in [0.2, 0.25) is 0 Å². The normalized spacial score (nSPS) is 13.5. The maximum atomic E-state index is 13.7. The number of rotatable bonds is 7. The van der Waals surface area contributed by atoms with Crippen LogP contribution in [0.15, 0.2) is 65.6 Å². The van der Waals surface area contributed by atoms with Crippen molar-refractivity contribution in [2.24, 2.45) is 0 Å². The summed E-state index contributed by atoms with van der Waals surface area (Å²) in [5.41, 5.74) is 4.06. The lowest BCUT2D eigenvalue weighted by atomic mass is 9.95. The molecule has 0 bridgehead atoms. The molecule has 0 spiro atoms. The molecule has 1 amide bonds. The van der Waals surface area contributed by atoms with Crippen LogP contribution in [0.25, 0.3) is 0 Å². The molecule has 4 rings (SSSR count). The number of hydrogen-bond acceptors (Lipinski definition) is 5. The molecule has 0 saturated heterocycles. The first-order valence-electron chi connectivity index (χ1n) is 11.4. The molecule has 1 heterocycles. The molecule has 0 radical (unpaired) electrons. The lowest BCUT2D eigenvalue weighted by Crippen LogP contribution is -2.36. The second kappa shape index (κ2) is 10.1. The zero-order valence-electron chi connectivity index (χ0n) is 20.4. The van der Waals surface area contributed by atoms with Gasteiger partial charge in [-0.25, -0.2) is 8.42 Å². The maximum absolute atomic E-state index is 13.7. The topological polar surface area (TPSA) is 76.1 Å². The Labute approximate surface area is 206 Å². The Morgan fingerprint density at radius 3 is 2.37 bits per heavy atom. The molecule has 3 aromatic rings. The van der Waals surface area contributed by atoms with Crippen molar-refractivity contribution >= 4 is 21.6 Å². The first-order valence-corrected chi connectivity index (χ1v) is 12.9. The predicted molar refractivity (Wildman–Crippen MR) is 136 cm³/mol. The number of fused-ring (bicyclic) bond motifs is 1. The van der Waals surface area contributed by atoms with Crippen molar-refractivity contribution in [1.82, 2.24) is 4.31 Å². The van der Waals surface area contributed by atoms with Gasteiger partial charge in [-0.05, 0) is 60.7 Å². The lowest BCUT2D eigenvalue weighted by Gasteiger charge is -2.32. The van der Waals surface area contributed by atoms with E-state index in [0.717, 1.165) is 35.2 Å². The number of methoxy groups -OCH3 is 2. The fourth-order valence-corrected chi connectivity index (χ4v) is 5.82. The van der Waals surface area contributed by atoms with Gasteiger partial charge in [0.2, 0.25) is 10.0 Å². The number of anilines is 1. The van der Waals surface area contributed by atoms with Crippen LogP contribution in [0, 0.1) is 6.92 Å². The average Bonchev–Trinajstić information content (AvgIpc) is 2.88. The van der Waals surface area contributed by atoms with Gasteiger partial charge >= 0.3 is 0 Å². The van der Waals surface area contributed by atoms with Gasteiger partial charge in [0.05, 0.1) is 19.9 Å². The van der Waals surface area contributed by atoms with Gasteiger partial charge in [0.25, 0.3) is 5.91 Å². The monoisotopic (exact) mass is 494 g/mol. The van der Waals surface area contributed by atoms with Crippen molar-refractivity contribution in [3.05, 3.63) is 82.9 Å². The van der Waals surface area contributed by atoms with Crippen LogP contribution in [0.1, 0.15) is 33.5 Å². The van der Waals surface area contributed by atoms with Crippen LogP contribution < -0.4 is 14.4 Å². The average molecular weight is 495 g/mol.